The van der Waals surface area contributed by atoms with Crippen LogP contribution >= 0.6 is 11.8 Å². The molecule has 0 aliphatic carbocycles. The predicted octanol–water partition coefficient (Wildman–Crippen LogP) is 2.36. The summed E-state index contributed by atoms with van der Waals surface area (Å²) < 4.78 is 0. The summed E-state index contributed by atoms with van der Waals surface area (Å²) in [4.78, 5) is 30.9. The van der Waals surface area contributed by atoms with Gasteiger partial charge in [0.15, 0.2) is 0 Å². The molecule has 0 saturated carbocycles. The molecule has 3 heterocycles. The van der Waals surface area contributed by atoms with Crippen LogP contribution in [0.25, 0.3) is 0 Å². The smallest absolute Gasteiger partial charge is 0.353 e. The maximum Gasteiger partial charge on any atom is 0.353 e. The van der Waals surface area contributed by atoms with Gasteiger partial charge in [-0.1, -0.05) is 25.6 Å². The second-order valence-electron chi connectivity index (χ2n) is 5.62. The van der Waals surface area contributed by atoms with Gasteiger partial charge in [-0.25, -0.2) is 4.79 Å². The van der Waals surface area contributed by atoms with Crippen LogP contribution in [0.5, 0.6) is 0 Å². The molecule has 1 aromatic rings. The van der Waals surface area contributed by atoms with Crippen LogP contribution in [0.15, 0.2) is 40.0 Å². The summed E-state index contributed by atoms with van der Waals surface area (Å²) in [6.45, 7) is 4.01. The SMILES string of the molecule is CC(C)C1C(=O)N2C(C(=O)O)=C(Sc3cccnc3)CC12. The van der Waals surface area contributed by atoms with E-state index in [2.05, 4.69) is 4.98 Å². The van der Waals surface area contributed by atoms with Gasteiger partial charge < -0.3 is 10.0 Å². The molecule has 1 N–H and O–H groups in total. The third-order valence-electron chi connectivity index (χ3n) is 3.96. The highest BCUT2D eigenvalue weighted by molar-refractivity contribution is 8.03. The number of carboxylic acids is 1. The highest BCUT2D eigenvalue weighted by Gasteiger charge is 2.55. The number of hydrogen-bond donors (Lipinski definition) is 1. The van der Waals surface area contributed by atoms with Crippen molar-refractivity contribution >= 4 is 23.6 Å². The Morgan fingerprint density at radius 3 is 2.86 bits per heavy atom. The summed E-state index contributed by atoms with van der Waals surface area (Å²) in [7, 11) is 0. The monoisotopic (exact) mass is 304 g/mol. The van der Waals surface area contributed by atoms with E-state index in [0.717, 1.165) is 9.80 Å². The average Bonchev–Trinajstić information content (AvgIpc) is 2.74. The summed E-state index contributed by atoms with van der Waals surface area (Å²) in [6, 6.07) is 3.71. The maximum atomic E-state index is 12.2. The van der Waals surface area contributed by atoms with E-state index in [-0.39, 0.29) is 29.5 Å². The van der Waals surface area contributed by atoms with Crippen LogP contribution in [0.3, 0.4) is 0 Å². The number of fused-ring (bicyclic) bond motifs is 1. The Morgan fingerprint density at radius 1 is 1.52 bits per heavy atom. The summed E-state index contributed by atoms with van der Waals surface area (Å²) in [5.74, 6) is -0.920. The van der Waals surface area contributed by atoms with Crippen molar-refractivity contribution in [2.45, 2.75) is 31.2 Å². The number of hydrogen-bond acceptors (Lipinski definition) is 4. The lowest BCUT2D eigenvalue weighted by atomic mass is 9.79. The molecule has 2 atom stereocenters. The van der Waals surface area contributed by atoms with E-state index in [1.165, 1.54) is 16.7 Å². The number of nitrogens with zero attached hydrogens (tertiary/aromatic N) is 2. The number of carboxylic acid groups (broad SMARTS) is 1. The molecule has 3 rings (SSSR count). The van der Waals surface area contributed by atoms with E-state index in [4.69, 9.17) is 0 Å². The summed E-state index contributed by atoms with van der Waals surface area (Å²) in [5, 5.41) is 9.45. The van der Waals surface area contributed by atoms with E-state index >= 15 is 0 Å². The molecule has 0 aromatic carbocycles. The molecule has 0 bridgehead atoms. The molecule has 1 saturated heterocycles. The van der Waals surface area contributed by atoms with Crippen molar-refractivity contribution in [2.75, 3.05) is 0 Å². The Balaban J connectivity index is 1.89. The van der Waals surface area contributed by atoms with Gasteiger partial charge in [0.05, 0.1) is 12.0 Å². The second kappa shape index (κ2) is 5.18. The van der Waals surface area contributed by atoms with Gasteiger partial charge in [0.2, 0.25) is 5.91 Å². The zero-order chi connectivity index (χ0) is 15.1. The third-order valence-corrected chi connectivity index (χ3v) is 5.05. The number of β-lactam (4-membered cyclic amide) rings is 1. The Hall–Kier alpha value is -1.82. The molecular weight excluding hydrogens is 288 g/mol. The van der Waals surface area contributed by atoms with E-state index in [0.29, 0.717) is 6.42 Å². The van der Waals surface area contributed by atoms with E-state index in [9.17, 15) is 14.7 Å². The van der Waals surface area contributed by atoms with E-state index in [1.807, 2.05) is 26.0 Å². The Bertz CT molecular complexity index is 627. The van der Waals surface area contributed by atoms with Crippen LogP contribution in [-0.4, -0.2) is 32.9 Å². The van der Waals surface area contributed by atoms with Crippen LogP contribution in [0.2, 0.25) is 0 Å². The molecule has 0 spiro atoms. The van der Waals surface area contributed by atoms with E-state index in [1.54, 1.807) is 12.4 Å². The van der Waals surface area contributed by atoms with Crippen LogP contribution in [0.1, 0.15) is 20.3 Å². The first-order valence-corrected chi connectivity index (χ1v) is 7.69. The molecule has 5 nitrogen and oxygen atoms in total. The van der Waals surface area contributed by atoms with Crippen LogP contribution in [0.4, 0.5) is 0 Å². The number of carbonyl (C=O) groups is 2. The minimum absolute atomic E-state index is 0.00257. The molecule has 2 aliphatic heterocycles. The molecule has 1 fully saturated rings. The summed E-state index contributed by atoms with van der Waals surface area (Å²) in [5.41, 5.74) is 0.149. The van der Waals surface area contributed by atoms with Gasteiger partial charge in [-0.05, 0) is 18.1 Å². The molecule has 0 radical (unpaired) electrons. The highest BCUT2D eigenvalue weighted by Crippen LogP contribution is 2.49. The maximum absolute atomic E-state index is 12.2. The molecule has 6 heteroatoms. The Morgan fingerprint density at radius 2 is 2.29 bits per heavy atom. The van der Waals surface area contributed by atoms with Crippen molar-refractivity contribution in [3.8, 4) is 0 Å². The first kappa shape index (κ1) is 14.1. The fourth-order valence-electron chi connectivity index (χ4n) is 3.07. The van der Waals surface area contributed by atoms with Crippen LogP contribution in [0, 0.1) is 11.8 Å². The number of thioether (sulfide) groups is 1. The fourth-order valence-corrected chi connectivity index (χ4v) is 4.15. The molecule has 2 unspecified atom stereocenters. The molecule has 110 valence electrons. The Labute approximate surface area is 127 Å². The third kappa shape index (κ3) is 2.23. The molecular formula is C15H16N2O3S. The quantitative estimate of drug-likeness (QED) is 0.865. The van der Waals surface area contributed by atoms with Crippen molar-refractivity contribution in [2.24, 2.45) is 11.8 Å². The standard InChI is InChI=1S/C15H16N2O3S/c1-8(2)12-10-6-11(21-9-4-3-5-16-7-9)13(15(19)20)17(10)14(12)18/h3-5,7-8,10,12H,6H2,1-2H3,(H,19,20). The number of aliphatic carboxylic acids is 1. The highest BCUT2D eigenvalue weighted by atomic mass is 32.2. The van der Waals surface area contributed by atoms with Crippen molar-refractivity contribution in [3.63, 3.8) is 0 Å². The van der Waals surface area contributed by atoms with Crippen LogP contribution in [-0.2, 0) is 9.59 Å². The number of aromatic nitrogens is 1. The van der Waals surface area contributed by atoms with Gasteiger partial charge >= 0.3 is 5.97 Å². The number of pyridine rings is 1. The fraction of sp³-hybridized carbons (Fsp3) is 0.400. The van der Waals surface area contributed by atoms with Gasteiger partial charge in [-0.3, -0.25) is 9.78 Å². The summed E-state index contributed by atoms with van der Waals surface area (Å²) in [6.07, 6.45) is 4.00. The predicted molar refractivity (Wildman–Crippen MR) is 78.3 cm³/mol. The number of amides is 1. The zero-order valence-electron chi connectivity index (χ0n) is 11.8. The van der Waals surface area contributed by atoms with E-state index < -0.39 is 5.97 Å². The Kier molecular flexibility index (Phi) is 3.49. The van der Waals surface area contributed by atoms with Gasteiger partial charge in [-0.2, -0.15) is 0 Å². The minimum Gasteiger partial charge on any atom is -0.477 e. The normalized spacial score (nSPS) is 24.3. The largest absolute Gasteiger partial charge is 0.477 e. The zero-order valence-corrected chi connectivity index (χ0v) is 12.6. The van der Waals surface area contributed by atoms with Gasteiger partial charge in [-0.15, -0.1) is 0 Å². The first-order chi connectivity index (χ1) is 10.0. The lowest BCUT2D eigenvalue weighted by molar-refractivity contribution is -0.157. The number of rotatable bonds is 4. The van der Waals surface area contributed by atoms with Gasteiger partial charge in [0.25, 0.3) is 0 Å². The molecule has 1 amide bonds. The summed E-state index contributed by atoms with van der Waals surface area (Å²) >= 11 is 1.39. The average molecular weight is 304 g/mol. The molecule has 2 aliphatic rings. The lowest BCUT2D eigenvalue weighted by Crippen LogP contribution is -2.60. The first-order valence-electron chi connectivity index (χ1n) is 6.88. The van der Waals surface area contributed by atoms with Crippen molar-refractivity contribution < 1.29 is 14.7 Å². The number of carbonyl (C=O) groups excluding carboxylic acids is 1. The van der Waals surface area contributed by atoms with Gasteiger partial charge in [0, 0.05) is 28.6 Å². The lowest BCUT2D eigenvalue weighted by Gasteiger charge is -2.45. The van der Waals surface area contributed by atoms with Crippen molar-refractivity contribution in [3.05, 3.63) is 35.1 Å². The minimum atomic E-state index is -1.03. The van der Waals surface area contributed by atoms with Gasteiger partial charge in [0.1, 0.15) is 5.70 Å². The second-order valence-corrected chi connectivity index (χ2v) is 6.79. The van der Waals surface area contributed by atoms with Crippen molar-refractivity contribution in [1.29, 1.82) is 0 Å². The molecule has 21 heavy (non-hydrogen) atoms. The topological polar surface area (TPSA) is 70.5 Å². The molecule has 1 aromatic heterocycles. The van der Waals surface area contributed by atoms with Crippen molar-refractivity contribution in [1.82, 2.24) is 9.88 Å². The van der Waals surface area contributed by atoms with Crippen LogP contribution < -0.4 is 0 Å².